The van der Waals surface area contributed by atoms with Gasteiger partial charge in [0.15, 0.2) is 0 Å². The molecule has 144 valence electrons. The minimum Gasteiger partial charge on any atom is -0.377 e. The molecule has 1 aromatic carbocycles. The Labute approximate surface area is 157 Å². The smallest absolute Gasteiger partial charge is 0.227 e. The SMILES string of the molecule is CCC(=O)N(Cc1cc(NC(=O)C2CCCC2)ccc1N(C)C)C(C)C. The number of rotatable bonds is 7. The molecule has 0 saturated heterocycles. The Morgan fingerprint density at radius 1 is 1.19 bits per heavy atom. The largest absolute Gasteiger partial charge is 0.377 e. The van der Waals surface area contributed by atoms with Crippen LogP contribution >= 0.6 is 0 Å². The van der Waals surface area contributed by atoms with Crippen LogP contribution in [0.25, 0.3) is 0 Å². The van der Waals surface area contributed by atoms with E-state index < -0.39 is 0 Å². The zero-order chi connectivity index (χ0) is 19.3. The zero-order valence-electron chi connectivity index (χ0n) is 16.8. The van der Waals surface area contributed by atoms with Gasteiger partial charge in [0.25, 0.3) is 0 Å². The number of amides is 2. The zero-order valence-corrected chi connectivity index (χ0v) is 16.8. The number of hydrogen-bond acceptors (Lipinski definition) is 3. The predicted molar refractivity (Wildman–Crippen MR) is 107 cm³/mol. The van der Waals surface area contributed by atoms with Crippen molar-refractivity contribution >= 4 is 23.2 Å². The highest BCUT2D eigenvalue weighted by Gasteiger charge is 2.23. The normalized spacial score (nSPS) is 14.5. The van der Waals surface area contributed by atoms with Crippen molar-refractivity contribution in [2.45, 2.75) is 65.5 Å². The molecule has 1 aliphatic rings. The van der Waals surface area contributed by atoms with Gasteiger partial charge in [-0.15, -0.1) is 0 Å². The van der Waals surface area contributed by atoms with Gasteiger partial charge in [0.2, 0.25) is 11.8 Å². The van der Waals surface area contributed by atoms with Crippen molar-refractivity contribution in [1.29, 1.82) is 0 Å². The minimum atomic E-state index is 0.122. The van der Waals surface area contributed by atoms with E-state index in [0.717, 1.165) is 42.6 Å². The minimum absolute atomic E-state index is 0.122. The number of benzene rings is 1. The van der Waals surface area contributed by atoms with Gasteiger partial charge in [-0.2, -0.15) is 0 Å². The number of nitrogens with zero attached hydrogens (tertiary/aromatic N) is 2. The van der Waals surface area contributed by atoms with E-state index in [1.807, 2.05) is 62.9 Å². The van der Waals surface area contributed by atoms with Crippen molar-refractivity contribution < 1.29 is 9.59 Å². The molecule has 1 aromatic rings. The molecule has 2 amide bonds. The summed E-state index contributed by atoms with van der Waals surface area (Å²) >= 11 is 0. The van der Waals surface area contributed by atoms with Crippen LogP contribution in [0, 0.1) is 5.92 Å². The lowest BCUT2D eigenvalue weighted by atomic mass is 10.1. The summed E-state index contributed by atoms with van der Waals surface area (Å²) in [6.07, 6.45) is 4.76. The van der Waals surface area contributed by atoms with E-state index in [1.165, 1.54) is 0 Å². The second-order valence-corrected chi connectivity index (χ2v) is 7.68. The molecular formula is C21H33N3O2. The fraction of sp³-hybridized carbons (Fsp3) is 0.619. The van der Waals surface area contributed by atoms with Crippen LogP contribution in [0.3, 0.4) is 0 Å². The number of nitrogens with one attached hydrogen (secondary N) is 1. The summed E-state index contributed by atoms with van der Waals surface area (Å²) in [5.41, 5.74) is 2.93. The summed E-state index contributed by atoms with van der Waals surface area (Å²) in [5.74, 6) is 0.405. The maximum absolute atomic E-state index is 12.4. The van der Waals surface area contributed by atoms with Gasteiger partial charge >= 0.3 is 0 Å². The Kier molecular flexibility index (Phi) is 7.06. The maximum atomic E-state index is 12.4. The molecule has 0 aliphatic heterocycles. The van der Waals surface area contributed by atoms with E-state index in [9.17, 15) is 9.59 Å². The average Bonchev–Trinajstić information content (AvgIpc) is 3.13. The monoisotopic (exact) mass is 359 g/mol. The van der Waals surface area contributed by atoms with Crippen LogP contribution in [0.5, 0.6) is 0 Å². The molecular weight excluding hydrogens is 326 g/mol. The molecule has 5 heteroatoms. The lowest BCUT2D eigenvalue weighted by molar-refractivity contribution is -0.133. The third kappa shape index (κ3) is 4.99. The van der Waals surface area contributed by atoms with E-state index >= 15 is 0 Å². The Hall–Kier alpha value is -2.04. The molecule has 5 nitrogen and oxygen atoms in total. The van der Waals surface area contributed by atoms with Crippen LogP contribution in [0.1, 0.15) is 58.4 Å². The molecule has 0 heterocycles. The summed E-state index contributed by atoms with van der Waals surface area (Å²) in [7, 11) is 3.99. The van der Waals surface area contributed by atoms with E-state index in [0.29, 0.717) is 13.0 Å². The average molecular weight is 360 g/mol. The van der Waals surface area contributed by atoms with Gasteiger partial charge in [-0.05, 0) is 50.5 Å². The third-order valence-electron chi connectivity index (χ3n) is 5.14. The second kappa shape index (κ2) is 9.06. The Bertz CT molecular complexity index is 634. The van der Waals surface area contributed by atoms with Crippen molar-refractivity contribution in [1.82, 2.24) is 4.90 Å². The van der Waals surface area contributed by atoms with Crippen molar-refractivity contribution in [3.8, 4) is 0 Å². The highest BCUT2D eigenvalue weighted by atomic mass is 16.2. The van der Waals surface area contributed by atoms with Crippen molar-refractivity contribution in [2.75, 3.05) is 24.3 Å². The van der Waals surface area contributed by atoms with Gasteiger partial charge in [0.05, 0.1) is 0 Å². The van der Waals surface area contributed by atoms with Crippen LogP contribution in [0.2, 0.25) is 0 Å². The first kappa shape index (κ1) is 20.3. The van der Waals surface area contributed by atoms with Gasteiger partial charge in [0, 0.05) is 50.4 Å². The van der Waals surface area contributed by atoms with Crippen LogP contribution in [0.15, 0.2) is 18.2 Å². The van der Waals surface area contributed by atoms with Gasteiger partial charge in [-0.3, -0.25) is 9.59 Å². The molecule has 0 radical (unpaired) electrons. The molecule has 26 heavy (non-hydrogen) atoms. The summed E-state index contributed by atoms with van der Waals surface area (Å²) in [4.78, 5) is 28.7. The fourth-order valence-electron chi connectivity index (χ4n) is 3.60. The van der Waals surface area contributed by atoms with Crippen molar-refractivity contribution in [2.24, 2.45) is 5.92 Å². The molecule has 0 aromatic heterocycles. The van der Waals surface area contributed by atoms with Crippen LogP contribution < -0.4 is 10.2 Å². The fourth-order valence-corrected chi connectivity index (χ4v) is 3.60. The summed E-state index contributed by atoms with van der Waals surface area (Å²) in [6, 6.07) is 6.12. The lowest BCUT2D eigenvalue weighted by Gasteiger charge is -2.29. The lowest BCUT2D eigenvalue weighted by Crippen LogP contribution is -2.36. The van der Waals surface area contributed by atoms with Crippen molar-refractivity contribution in [3.63, 3.8) is 0 Å². The number of hydrogen-bond donors (Lipinski definition) is 1. The highest BCUT2D eigenvalue weighted by Crippen LogP contribution is 2.28. The Balaban J connectivity index is 2.24. The first-order valence-electron chi connectivity index (χ1n) is 9.74. The molecule has 1 N–H and O–H groups in total. The molecule has 0 spiro atoms. The molecule has 0 bridgehead atoms. The predicted octanol–water partition coefficient (Wildman–Crippen LogP) is 4.03. The number of anilines is 2. The number of carbonyl (C=O) groups is 2. The molecule has 2 rings (SSSR count). The standard InChI is InChI=1S/C21H33N3O2/c1-6-20(25)24(15(2)3)14-17-13-18(11-12-19(17)23(4)5)22-21(26)16-9-7-8-10-16/h11-13,15-16H,6-10,14H2,1-5H3,(H,22,26). The van der Waals surface area contributed by atoms with Gasteiger partial charge in [-0.1, -0.05) is 19.8 Å². The summed E-state index contributed by atoms with van der Waals surface area (Å²) < 4.78 is 0. The quantitative estimate of drug-likeness (QED) is 0.800. The van der Waals surface area contributed by atoms with Gasteiger partial charge in [0.1, 0.15) is 0 Å². The molecule has 1 saturated carbocycles. The molecule has 1 aliphatic carbocycles. The summed E-state index contributed by atoms with van der Waals surface area (Å²) in [6.45, 7) is 6.51. The number of carbonyl (C=O) groups excluding carboxylic acids is 2. The van der Waals surface area contributed by atoms with Crippen LogP contribution in [-0.2, 0) is 16.1 Å². The first-order valence-corrected chi connectivity index (χ1v) is 9.74. The first-order chi connectivity index (χ1) is 12.3. The Morgan fingerprint density at radius 3 is 2.38 bits per heavy atom. The summed E-state index contributed by atoms with van der Waals surface area (Å²) in [5, 5.41) is 3.08. The third-order valence-corrected chi connectivity index (χ3v) is 5.14. The maximum Gasteiger partial charge on any atom is 0.227 e. The second-order valence-electron chi connectivity index (χ2n) is 7.68. The van der Waals surface area contributed by atoms with Crippen molar-refractivity contribution in [3.05, 3.63) is 23.8 Å². The molecule has 1 fully saturated rings. The highest BCUT2D eigenvalue weighted by molar-refractivity contribution is 5.93. The van der Waals surface area contributed by atoms with Crippen LogP contribution in [-0.4, -0.2) is 36.9 Å². The van der Waals surface area contributed by atoms with Crippen LogP contribution in [0.4, 0.5) is 11.4 Å². The van der Waals surface area contributed by atoms with E-state index in [2.05, 4.69) is 5.32 Å². The van der Waals surface area contributed by atoms with E-state index in [4.69, 9.17) is 0 Å². The van der Waals surface area contributed by atoms with Gasteiger partial charge < -0.3 is 15.1 Å². The van der Waals surface area contributed by atoms with Gasteiger partial charge in [-0.25, -0.2) is 0 Å². The van der Waals surface area contributed by atoms with E-state index in [1.54, 1.807) is 0 Å². The van der Waals surface area contributed by atoms with E-state index in [-0.39, 0.29) is 23.8 Å². The Morgan fingerprint density at radius 2 is 1.85 bits per heavy atom. The molecule has 0 atom stereocenters. The topological polar surface area (TPSA) is 52.7 Å². The molecule has 0 unspecified atom stereocenters.